The fraction of sp³-hybridized carbons (Fsp3) is 0.412. The molecule has 0 bridgehead atoms. The fourth-order valence-corrected chi connectivity index (χ4v) is 2.04. The van der Waals surface area contributed by atoms with E-state index < -0.39 is 29.7 Å². The van der Waals surface area contributed by atoms with E-state index >= 15 is 0 Å². The van der Waals surface area contributed by atoms with Crippen LogP contribution in [0.2, 0.25) is 0 Å². The first-order valence-corrected chi connectivity index (χ1v) is 7.54. The Kier molecular flexibility index (Phi) is 7.17. The van der Waals surface area contributed by atoms with Gasteiger partial charge in [0.25, 0.3) is 0 Å². The number of halogens is 3. The van der Waals surface area contributed by atoms with Crippen molar-refractivity contribution in [2.75, 3.05) is 20.6 Å². The Labute approximate surface area is 144 Å². The normalized spacial score (nSPS) is 13.6. The van der Waals surface area contributed by atoms with Crippen molar-refractivity contribution >= 4 is 11.9 Å². The van der Waals surface area contributed by atoms with E-state index in [9.17, 15) is 22.8 Å². The minimum absolute atomic E-state index is 0.0363. The van der Waals surface area contributed by atoms with Crippen molar-refractivity contribution in [1.29, 1.82) is 0 Å². The number of amides is 1. The van der Waals surface area contributed by atoms with E-state index in [4.69, 9.17) is 5.11 Å². The number of nitrogens with zero attached hydrogens (tertiary/aromatic N) is 1. The van der Waals surface area contributed by atoms with Crippen LogP contribution >= 0.6 is 0 Å². The molecular weight excluding hydrogens is 337 g/mol. The van der Waals surface area contributed by atoms with Crippen LogP contribution in [0.5, 0.6) is 0 Å². The van der Waals surface area contributed by atoms with E-state index in [1.807, 2.05) is 0 Å². The van der Waals surface area contributed by atoms with E-state index in [0.29, 0.717) is 12.1 Å². The molecule has 2 N–H and O–H groups in total. The molecule has 0 spiro atoms. The van der Waals surface area contributed by atoms with Gasteiger partial charge in [-0.3, -0.25) is 4.79 Å². The van der Waals surface area contributed by atoms with Gasteiger partial charge in [-0.2, -0.15) is 13.2 Å². The maximum atomic E-state index is 12.5. The zero-order chi connectivity index (χ0) is 19.2. The summed E-state index contributed by atoms with van der Waals surface area (Å²) in [6, 6.07) is 3.91. The third kappa shape index (κ3) is 6.96. The molecule has 0 aliphatic heterocycles. The summed E-state index contributed by atoms with van der Waals surface area (Å²) in [5.74, 6) is -1.70. The lowest BCUT2D eigenvalue weighted by atomic mass is 10.1. The lowest BCUT2D eigenvalue weighted by Gasteiger charge is -2.16. The maximum absolute atomic E-state index is 12.5. The van der Waals surface area contributed by atoms with E-state index in [0.717, 1.165) is 12.1 Å². The van der Waals surface area contributed by atoms with E-state index in [1.165, 1.54) is 18.2 Å². The summed E-state index contributed by atoms with van der Waals surface area (Å²) >= 11 is 0. The summed E-state index contributed by atoms with van der Waals surface area (Å²) in [6.45, 7) is 1.99. The highest BCUT2D eigenvalue weighted by molar-refractivity contribution is 5.94. The Balaban J connectivity index is 2.72. The predicted octanol–water partition coefficient (Wildman–Crippen LogP) is 2.85. The van der Waals surface area contributed by atoms with Crippen molar-refractivity contribution in [3.05, 3.63) is 47.0 Å². The molecule has 138 valence electrons. The van der Waals surface area contributed by atoms with Gasteiger partial charge in [0.2, 0.25) is 5.91 Å². The fourth-order valence-electron chi connectivity index (χ4n) is 2.04. The first-order valence-electron chi connectivity index (χ1n) is 7.54. The molecule has 1 aromatic rings. The van der Waals surface area contributed by atoms with Gasteiger partial charge in [0.15, 0.2) is 0 Å². The largest absolute Gasteiger partial charge is 0.478 e. The number of alkyl halides is 3. The van der Waals surface area contributed by atoms with E-state index in [1.54, 1.807) is 25.9 Å². The molecule has 0 saturated heterocycles. The van der Waals surface area contributed by atoms with Crippen molar-refractivity contribution in [1.82, 2.24) is 10.2 Å². The third-order valence-corrected chi connectivity index (χ3v) is 3.44. The van der Waals surface area contributed by atoms with Crippen LogP contribution in [-0.2, 0) is 15.8 Å². The summed E-state index contributed by atoms with van der Waals surface area (Å²) in [5.41, 5.74) is -0.309. The van der Waals surface area contributed by atoms with Gasteiger partial charge in [0.1, 0.15) is 0 Å². The van der Waals surface area contributed by atoms with Crippen LogP contribution in [0.1, 0.15) is 30.5 Å². The highest BCUT2D eigenvalue weighted by atomic mass is 19.4. The van der Waals surface area contributed by atoms with Crippen LogP contribution in [0.3, 0.4) is 0 Å². The van der Waals surface area contributed by atoms with Gasteiger partial charge in [-0.05, 0) is 38.7 Å². The number of carbonyl (C=O) groups excluding carboxylic acids is 1. The Bertz CT molecular complexity index is 638. The molecule has 1 amide bonds. The second-order valence-corrected chi connectivity index (χ2v) is 5.88. The highest BCUT2D eigenvalue weighted by Gasteiger charge is 2.30. The molecule has 1 rings (SSSR count). The van der Waals surface area contributed by atoms with Crippen molar-refractivity contribution in [2.24, 2.45) is 0 Å². The van der Waals surface area contributed by atoms with Gasteiger partial charge < -0.3 is 15.3 Å². The number of hydrogen-bond donors (Lipinski definition) is 2. The van der Waals surface area contributed by atoms with Crippen LogP contribution in [0, 0.1) is 0 Å². The van der Waals surface area contributed by atoms with Gasteiger partial charge in [0.05, 0.1) is 18.0 Å². The molecule has 5 nitrogen and oxygen atoms in total. The van der Waals surface area contributed by atoms with Crippen LogP contribution in [0.15, 0.2) is 35.9 Å². The predicted molar refractivity (Wildman–Crippen MR) is 86.9 cm³/mol. The van der Waals surface area contributed by atoms with Gasteiger partial charge >= 0.3 is 12.1 Å². The van der Waals surface area contributed by atoms with Crippen LogP contribution < -0.4 is 5.32 Å². The summed E-state index contributed by atoms with van der Waals surface area (Å²) < 4.78 is 37.6. The Morgan fingerprint density at radius 2 is 1.80 bits per heavy atom. The van der Waals surface area contributed by atoms with Crippen LogP contribution in [-0.4, -0.2) is 42.5 Å². The molecule has 0 fully saturated rings. The quantitative estimate of drug-likeness (QED) is 0.736. The van der Waals surface area contributed by atoms with Crippen molar-refractivity contribution < 1.29 is 27.9 Å². The monoisotopic (exact) mass is 358 g/mol. The number of nitrogens with one attached hydrogen (secondary N) is 1. The minimum Gasteiger partial charge on any atom is -0.478 e. The number of likely N-dealkylation sites (N-methyl/N-ethyl adjacent to an activating group) is 1. The SMILES string of the molecule is CC(NC(=O)C/C(=C\CN(C)C)C(=O)O)c1ccc(C(F)(F)F)cc1. The molecule has 0 heterocycles. The zero-order valence-corrected chi connectivity index (χ0v) is 14.2. The Morgan fingerprint density at radius 1 is 1.24 bits per heavy atom. The van der Waals surface area contributed by atoms with Crippen molar-refractivity contribution in [2.45, 2.75) is 25.6 Å². The first kappa shape index (κ1) is 20.7. The number of carbonyl (C=O) groups is 2. The molecule has 0 saturated carbocycles. The minimum atomic E-state index is -4.42. The van der Waals surface area contributed by atoms with Crippen LogP contribution in [0.25, 0.3) is 0 Å². The molecule has 0 aliphatic rings. The van der Waals surface area contributed by atoms with Crippen molar-refractivity contribution in [3.63, 3.8) is 0 Å². The van der Waals surface area contributed by atoms with Gasteiger partial charge in [-0.15, -0.1) is 0 Å². The van der Waals surface area contributed by atoms with Crippen LogP contribution in [0.4, 0.5) is 13.2 Å². The van der Waals surface area contributed by atoms with Gasteiger partial charge in [-0.1, -0.05) is 18.2 Å². The van der Waals surface area contributed by atoms with Crippen molar-refractivity contribution in [3.8, 4) is 0 Å². The maximum Gasteiger partial charge on any atom is 0.416 e. The highest BCUT2D eigenvalue weighted by Crippen LogP contribution is 2.29. The standard InChI is InChI=1S/C17H21F3N2O3/c1-11(12-4-6-14(7-5-12)17(18,19)20)21-15(23)10-13(16(24)25)8-9-22(2)3/h4-8,11H,9-10H2,1-3H3,(H,21,23)(H,24,25)/b13-8+. The molecule has 1 aromatic carbocycles. The molecular formula is C17H21F3N2O3. The number of hydrogen-bond acceptors (Lipinski definition) is 3. The number of carboxylic acid groups (broad SMARTS) is 1. The average Bonchev–Trinajstić information content (AvgIpc) is 2.50. The lowest BCUT2D eigenvalue weighted by Crippen LogP contribution is -2.28. The second kappa shape index (κ2) is 8.66. The molecule has 1 atom stereocenters. The Hall–Kier alpha value is -2.35. The summed E-state index contributed by atoms with van der Waals surface area (Å²) in [6.07, 6.45) is -3.28. The summed E-state index contributed by atoms with van der Waals surface area (Å²) in [7, 11) is 3.53. The number of aliphatic carboxylic acids is 1. The number of carboxylic acids is 1. The second-order valence-electron chi connectivity index (χ2n) is 5.88. The topological polar surface area (TPSA) is 69.6 Å². The average molecular weight is 358 g/mol. The lowest BCUT2D eigenvalue weighted by molar-refractivity contribution is -0.137. The first-order chi connectivity index (χ1) is 11.5. The zero-order valence-electron chi connectivity index (χ0n) is 14.2. The summed E-state index contributed by atoms with van der Waals surface area (Å²) in [5, 5.41) is 11.7. The van der Waals surface area contributed by atoms with E-state index in [-0.39, 0.29) is 12.0 Å². The Morgan fingerprint density at radius 3 is 2.24 bits per heavy atom. The smallest absolute Gasteiger partial charge is 0.416 e. The summed E-state index contributed by atoms with van der Waals surface area (Å²) in [4.78, 5) is 24.9. The molecule has 1 unspecified atom stereocenters. The van der Waals surface area contributed by atoms with Gasteiger partial charge in [0, 0.05) is 12.1 Å². The van der Waals surface area contributed by atoms with E-state index in [2.05, 4.69) is 5.32 Å². The molecule has 8 heteroatoms. The molecule has 0 radical (unpaired) electrons. The molecule has 25 heavy (non-hydrogen) atoms. The third-order valence-electron chi connectivity index (χ3n) is 3.44. The number of benzene rings is 1. The van der Waals surface area contributed by atoms with Gasteiger partial charge in [-0.25, -0.2) is 4.79 Å². The molecule has 0 aliphatic carbocycles. The number of rotatable bonds is 7. The molecule has 0 aromatic heterocycles.